The van der Waals surface area contributed by atoms with Crippen molar-refractivity contribution in [3.63, 3.8) is 0 Å². The van der Waals surface area contributed by atoms with Crippen molar-refractivity contribution in [3.05, 3.63) is 173 Å². The molecular formula is C42H35BrClI3N4O5. The number of benzene rings is 6. The molecule has 0 aromatic heterocycles. The Bertz CT molecular complexity index is 2470. The molecule has 3 atom stereocenters. The van der Waals surface area contributed by atoms with Gasteiger partial charge < -0.3 is 31.3 Å². The van der Waals surface area contributed by atoms with Crippen LogP contribution in [0.2, 0.25) is 5.02 Å². The fourth-order valence-corrected chi connectivity index (χ4v) is 8.98. The van der Waals surface area contributed by atoms with Gasteiger partial charge in [-0.3, -0.25) is 10.1 Å². The van der Waals surface area contributed by atoms with Crippen LogP contribution in [0.15, 0.2) is 114 Å². The van der Waals surface area contributed by atoms with Crippen LogP contribution in [0.3, 0.4) is 0 Å². The summed E-state index contributed by atoms with van der Waals surface area (Å²) in [5.41, 5.74) is 3.28. The first-order valence-electron chi connectivity index (χ1n) is 17.1. The minimum atomic E-state index is -2.62. The molecule has 6 rings (SSSR count). The van der Waals surface area contributed by atoms with Crippen LogP contribution >= 0.6 is 95.3 Å². The van der Waals surface area contributed by atoms with Crippen molar-refractivity contribution < 1.29 is 20.2 Å². The molecule has 6 aromatic rings. The number of halogens is 5. The predicted octanol–water partition coefficient (Wildman–Crippen LogP) is 12.6. The Balaban J connectivity index is 1.60. The van der Waals surface area contributed by atoms with Crippen LogP contribution in [0.25, 0.3) is 0 Å². The fourth-order valence-electron chi connectivity index (χ4n) is 6.49. The van der Waals surface area contributed by atoms with Crippen LogP contribution in [0, 0.1) is 41.6 Å². The number of rotatable bonds is 12. The highest BCUT2D eigenvalue weighted by Crippen LogP contribution is 2.52. The average Bonchev–Trinajstić information content (AvgIpc) is 3.15. The third-order valence-corrected chi connectivity index (χ3v) is 12.2. The maximum atomic E-state index is 13.5. The molecule has 0 heterocycles. The SMILES string of the molecule is Cc1cc(I)ccc1Nc1ccc(Br)cc1C(O)C(O)(c1cc(Cl)ccc1Nc1ccc(I)cc1C)C(O)c1cc([N+](=O)[O-])ccc1Nc1ccc(I)cc1C. The minimum absolute atomic E-state index is 0.0342. The van der Waals surface area contributed by atoms with Gasteiger partial charge in [-0.25, -0.2) is 0 Å². The third-order valence-electron chi connectivity index (χ3n) is 9.47. The summed E-state index contributed by atoms with van der Waals surface area (Å²) in [5, 5.41) is 61.7. The van der Waals surface area contributed by atoms with Gasteiger partial charge in [0.15, 0.2) is 5.60 Å². The predicted molar refractivity (Wildman–Crippen MR) is 254 cm³/mol. The molecule has 9 nitrogen and oxygen atoms in total. The molecule has 0 aliphatic rings. The Morgan fingerprint density at radius 1 is 0.625 bits per heavy atom. The molecular weight excluding hydrogens is 1140 g/mol. The Labute approximate surface area is 379 Å². The van der Waals surface area contributed by atoms with Gasteiger partial charge in [0.25, 0.3) is 5.69 Å². The molecule has 0 aliphatic heterocycles. The summed E-state index contributed by atoms with van der Waals surface area (Å²) in [6.07, 6.45) is -3.86. The van der Waals surface area contributed by atoms with Crippen molar-refractivity contribution in [3.8, 4) is 0 Å². The highest BCUT2D eigenvalue weighted by atomic mass is 127. The molecule has 0 saturated heterocycles. The highest BCUT2D eigenvalue weighted by molar-refractivity contribution is 14.1. The van der Waals surface area contributed by atoms with E-state index in [0.717, 1.165) is 33.1 Å². The molecule has 6 N–H and O–H groups in total. The molecule has 288 valence electrons. The van der Waals surface area contributed by atoms with E-state index in [9.17, 15) is 25.4 Å². The molecule has 0 saturated carbocycles. The second-order valence-corrected chi connectivity index (χ2v) is 18.4. The maximum absolute atomic E-state index is 13.5. The van der Waals surface area contributed by atoms with E-state index in [-0.39, 0.29) is 33.1 Å². The number of nitrogens with one attached hydrogen (secondary N) is 3. The summed E-state index contributed by atoms with van der Waals surface area (Å²) in [5.74, 6) is 0. The molecule has 0 fully saturated rings. The van der Waals surface area contributed by atoms with Crippen molar-refractivity contribution in [2.45, 2.75) is 38.6 Å². The standard InChI is InChI=1S/C42H35BrClI3N4O5/c1-22-16-27(45)6-12-34(22)48-37-10-4-25(43)19-31(37)40(52)42(54,33-20-26(44)5-11-39(33)50-36-14-8-29(47)18-24(36)3)41(53)32-21-30(51(55)56)9-15-38(32)49-35-13-7-28(46)17-23(35)2/h4-21,40-41,48-50,52-54H,1-3H3. The Morgan fingerprint density at radius 2 is 1.04 bits per heavy atom. The lowest BCUT2D eigenvalue weighted by Crippen LogP contribution is -2.41. The zero-order chi connectivity index (χ0) is 40.5. The van der Waals surface area contributed by atoms with Gasteiger partial charge in [-0.15, -0.1) is 0 Å². The van der Waals surface area contributed by atoms with E-state index in [2.05, 4.69) is 99.7 Å². The third kappa shape index (κ3) is 9.30. The Kier molecular flexibility index (Phi) is 13.6. The molecule has 0 bridgehead atoms. The largest absolute Gasteiger partial charge is 0.385 e. The average molecular weight is 1170 g/mol. The number of nitrogens with zero attached hydrogens (tertiary/aromatic N) is 1. The van der Waals surface area contributed by atoms with Crippen molar-refractivity contribution in [2.75, 3.05) is 16.0 Å². The molecule has 0 spiro atoms. The normalized spacial score (nSPS) is 13.4. The smallest absolute Gasteiger partial charge is 0.269 e. The summed E-state index contributed by atoms with van der Waals surface area (Å²) in [6.45, 7) is 5.82. The highest BCUT2D eigenvalue weighted by Gasteiger charge is 2.49. The molecule has 14 heteroatoms. The van der Waals surface area contributed by atoms with E-state index in [4.69, 9.17) is 11.6 Å². The Morgan fingerprint density at radius 3 is 1.50 bits per heavy atom. The summed E-state index contributed by atoms with van der Waals surface area (Å²) < 4.78 is 3.68. The Hall–Kier alpha value is -3.04. The number of hydrogen-bond acceptors (Lipinski definition) is 8. The van der Waals surface area contributed by atoms with E-state index in [1.54, 1.807) is 30.3 Å². The number of aliphatic hydroxyl groups is 3. The molecule has 56 heavy (non-hydrogen) atoms. The molecule has 0 aliphatic carbocycles. The van der Waals surface area contributed by atoms with Crippen LogP contribution in [-0.4, -0.2) is 20.2 Å². The van der Waals surface area contributed by atoms with Crippen molar-refractivity contribution in [1.82, 2.24) is 0 Å². The van der Waals surface area contributed by atoms with Gasteiger partial charge in [0, 0.05) is 83.2 Å². The van der Waals surface area contributed by atoms with Crippen LogP contribution < -0.4 is 16.0 Å². The number of aliphatic hydroxyl groups excluding tert-OH is 2. The number of nitro groups is 1. The summed E-state index contributed by atoms with van der Waals surface area (Å²) in [7, 11) is 0. The van der Waals surface area contributed by atoms with E-state index in [1.807, 2.05) is 75.4 Å². The number of anilines is 6. The van der Waals surface area contributed by atoms with Gasteiger partial charge in [-0.1, -0.05) is 27.5 Å². The first-order chi connectivity index (χ1) is 26.5. The molecule has 0 amide bonds. The van der Waals surface area contributed by atoms with Gasteiger partial charge in [0.1, 0.15) is 12.2 Å². The van der Waals surface area contributed by atoms with Crippen molar-refractivity contribution in [1.29, 1.82) is 0 Å². The fraction of sp³-hybridized carbons (Fsp3) is 0.143. The first kappa shape index (κ1) is 42.6. The van der Waals surface area contributed by atoms with Crippen LogP contribution in [0.4, 0.5) is 39.8 Å². The van der Waals surface area contributed by atoms with E-state index >= 15 is 0 Å². The van der Waals surface area contributed by atoms with Crippen LogP contribution in [0.1, 0.15) is 45.6 Å². The molecule has 6 aromatic carbocycles. The minimum Gasteiger partial charge on any atom is -0.385 e. The maximum Gasteiger partial charge on any atom is 0.269 e. The van der Waals surface area contributed by atoms with Gasteiger partial charge in [0.2, 0.25) is 0 Å². The van der Waals surface area contributed by atoms with Crippen molar-refractivity contribution >= 4 is 135 Å². The second kappa shape index (κ2) is 17.8. The number of nitro benzene ring substituents is 1. The number of non-ortho nitro benzene ring substituents is 1. The van der Waals surface area contributed by atoms with Gasteiger partial charge in [-0.05, 0) is 202 Å². The van der Waals surface area contributed by atoms with Crippen molar-refractivity contribution in [2.24, 2.45) is 0 Å². The lowest BCUT2D eigenvalue weighted by Gasteiger charge is -2.40. The van der Waals surface area contributed by atoms with E-state index in [1.165, 1.54) is 24.3 Å². The zero-order valence-electron chi connectivity index (χ0n) is 30.0. The quantitative estimate of drug-likeness (QED) is 0.0405. The van der Waals surface area contributed by atoms with Gasteiger partial charge in [0.05, 0.1) is 4.92 Å². The number of hydrogen-bond donors (Lipinski definition) is 6. The molecule has 3 unspecified atom stereocenters. The van der Waals surface area contributed by atoms with Crippen LogP contribution in [-0.2, 0) is 5.60 Å². The second-order valence-electron chi connectivity index (χ2n) is 13.3. The topological polar surface area (TPSA) is 140 Å². The zero-order valence-corrected chi connectivity index (χ0v) is 38.9. The van der Waals surface area contributed by atoms with E-state index < -0.39 is 22.7 Å². The van der Waals surface area contributed by atoms with Gasteiger partial charge in [-0.2, -0.15) is 0 Å². The summed E-state index contributed by atoms with van der Waals surface area (Å²) >= 11 is 16.9. The van der Waals surface area contributed by atoms with Crippen LogP contribution in [0.5, 0.6) is 0 Å². The summed E-state index contributed by atoms with van der Waals surface area (Å²) in [4.78, 5) is 11.7. The van der Waals surface area contributed by atoms with E-state index in [0.29, 0.717) is 27.2 Å². The van der Waals surface area contributed by atoms with Gasteiger partial charge >= 0.3 is 0 Å². The monoisotopic (exact) mass is 1170 g/mol. The number of aryl methyl sites for hydroxylation is 3. The summed E-state index contributed by atoms with van der Waals surface area (Å²) in [6, 6.07) is 31.5. The first-order valence-corrected chi connectivity index (χ1v) is 21.5. The lowest BCUT2D eigenvalue weighted by atomic mass is 9.76. The lowest BCUT2D eigenvalue weighted by molar-refractivity contribution is -0.385. The molecule has 0 radical (unpaired) electrons.